The van der Waals surface area contributed by atoms with E-state index in [1.54, 1.807) is 11.3 Å². The van der Waals surface area contributed by atoms with Crippen LogP contribution in [-0.4, -0.2) is 4.98 Å². The van der Waals surface area contributed by atoms with E-state index in [1.165, 1.54) is 27.1 Å². The second kappa shape index (κ2) is 7.73. The fourth-order valence-electron chi connectivity index (χ4n) is 2.97. The van der Waals surface area contributed by atoms with Gasteiger partial charge in [0.15, 0.2) is 0 Å². The van der Waals surface area contributed by atoms with Gasteiger partial charge < -0.3 is 5.32 Å². The zero-order valence-electron chi connectivity index (χ0n) is 16.3. The van der Waals surface area contributed by atoms with Crippen molar-refractivity contribution in [2.24, 2.45) is 0 Å². The lowest BCUT2D eigenvalue weighted by atomic mass is 9.99. The maximum Gasteiger partial charge on any atom is 0.123 e. The van der Waals surface area contributed by atoms with Gasteiger partial charge in [0, 0.05) is 28.7 Å². The highest BCUT2D eigenvalue weighted by Crippen LogP contribution is 2.33. The number of nitrogens with zero attached hydrogens (tertiary/aromatic N) is 1. The molecule has 0 aliphatic heterocycles. The number of benzene rings is 2. The third-order valence-electron chi connectivity index (χ3n) is 4.85. The molecule has 3 aromatic rings. The number of aryl methyl sites for hydroxylation is 1. The second-order valence-corrected chi connectivity index (χ2v) is 8.75. The summed E-state index contributed by atoms with van der Waals surface area (Å²) in [5, 5.41) is 4.80. The van der Waals surface area contributed by atoms with E-state index in [2.05, 4.69) is 93.5 Å². The number of aromatic nitrogens is 1. The summed E-state index contributed by atoms with van der Waals surface area (Å²) in [6.45, 7) is 11.9. The monoisotopic (exact) mass is 364 g/mol. The molecule has 1 aromatic heterocycles. The van der Waals surface area contributed by atoms with Crippen LogP contribution in [0.15, 0.2) is 54.7 Å². The van der Waals surface area contributed by atoms with Crippen LogP contribution in [0, 0.1) is 6.92 Å². The van der Waals surface area contributed by atoms with E-state index >= 15 is 0 Å². The molecule has 0 saturated heterocycles. The minimum atomic E-state index is -0.119. The van der Waals surface area contributed by atoms with Crippen molar-refractivity contribution in [2.75, 3.05) is 0 Å². The quantitative estimate of drug-likeness (QED) is 0.558. The standard InChI is InChI=1S/C23H28N2S/c1-16(2)19-11-8-10-18(13-19)14-25-23(4,5)21-15-24-22(26-21)20-12-7-6-9-17(20)3/h6-13,15-16,25H,14H2,1-5H3. The zero-order valence-corrected chi connectivity index (χ0v) is 17.2. The molecule has 0 atom stereocenters. The number of thiazole rings is 1. The van der Waals surface area contributed by atoms with Gasteiger partial charge in [-0.15, -0.1) is 11.3 Å². The van der Waals surface area contributed by atoms with Gasteiger partial charge in [-0.1, -0.05) is 62.4 Å². The van der Waals surface area contributed by atoms with Gasteiger partial charge in [0.25, 0.3) is 0 Å². The van der Waals surface area contributed by atoms with E-state index in [1.807, 2.05) is 6.20 Å². The average Bonchev–Trinajstić information content (AvgIpc) is 3.11. The first-order chi connectivity index (χ1) is 12.4. The Labute approximate surface area is 161 Å². The Morgan fingerprint density at radius 2 is 1.85 bits per heavy atom. The minimum absolute atomic E-state index is 0.119. The summed E-state index contributed by atoms with van der Waals surface area (Å²) in [6, 6.07) is 17.3. The molecule has 2 nitrogen and oxygen atoms in total. The predicted molar refractivity (Wildman–Crippen MR) is 113 cm³/mol. The molecule has 0 fully saturated rings. The molecule has 0 aliphatic carbocycles. The smallest absolute Gasteiger partial charge is 0.123 e. The second-order valence-electron chi connectivity index (χ2n) is 7.72. The van der Waals surface area contributed by atoms with Crippen LogP contribution in [-0.2, 0) is 12.1 Å². The first-order valence-corrected chi connectivity index (χ1v) is 10.0. The van der Waals surface area contributed by atoms with Crippen LogP contribution in [0.3, 0.4) is 0 Å². The molecule has 0 spiro atoms. The number of hydrogen-bond acceptors (Lipinski definition) is 3. The van der Waals surface area contributed by atoms with Crippen LogP contribution in [0.4, 0.5) is 0 Å². The summed E-state index contributed by atoms with van der Waals surface area (Å²) in [5.41, 5.74) is 5.09. The fraction of sp³-hybridized carbons (Fsp3) is 0.348. The van der Waals surface area contributed by atoms with Crippen molar-refractivity contribution >= 4 is 11.3 Å². The summed E-state index contributed by atoms with van der Waals surface area (Å²) in [7, 11) is 0. The highest BCUT2D eigenvalue weighted by Gasteiger charge is 2.23. The molecule has 2 aromatic carbocycles. The highest BCUT2D eigenvalue weighted by atomic mass is 32.1. The highest BCUT2D eigenvalue weighted by molar-refractivity contribution is 7.15. The van der Waals surface area contributed by atoms with Crippen LogP contribution in [0.1, 0.15) is 55.2 Å². The molecule has 0 aliphatic rings. The normalized spacial score (nSPS) is 11.9. The van der Waals surface area contributed by atoms with Gasteiger partial charge in [0.1, 0.15) is 5.01 Å². The molecule has 0 unspecified atom stereocenters. The van der Waals surface area contributed by atoms with Crippen molar-refractivity contribution in [2.45, 2.75) is 52.6 Å². The molecular weight excluding hydrogens is 336 g/mol. The van der Waals surface area contributed by atoms with Crippen molar-refractivity contribution in [1.82, 2.24) is 10.3 Å². The fourth-order valence-corrected chi connectivity index (χ4v) is 4.06. The van der Waals surface area contributed by atoms with Crippen molar-refractivity contribution in [3.63, 3.8) is 0 Å². The van der Waals surface area contributed by atoms with E-state index in [0.29, 0.717) is 5.92 Å². The van der Waals surface area contributed by atoms with Crippen LogP contribution >= 0.6 is 11.3 Å². The van der Waals surface area contributed by atoms with Crippen molar-refractivity contribution in [3.8, 4) is 10.6 Å². The summed E-state index contributed by atoms with van der Waals surface area (Å²) in [4.78, 5) is 5.94. The molecule has 1 N–H and O–H groups in total. The predicted octanol–water partition coefficient (Wildman–Crippen LogP) is 6.27. The molecular formula is C23H28N2S. The minimum Gasteiger partial charge on any atom is -0.303 e. The molecule has 26 heavy (non-hydrogen) atoms. The van der Waals surface area contributed by atoms with E-state index in [9.17, 15) is 0 Å². The summed E-state index contributed by atoms with van der Waals surface area (Å²) in [6.07, 6.45) is 2.02. The maximum atomic E-state index is 4.68. The third kappa shape index (κ3) is 4.22. The SMILES string of the molecule is Cc1ccccc1-c1ncc(C(C)(C)NCc2cccc(C(C)C)c2)s1. The van der Waals surface area contributed by atoms with Crippen LogP contribution in [0.5, 0.6) is 0 Å². The average molecular weight is 365 g/mol. The summed E-state index contributed by atoms with van der Waals surface area (Å²) in [5.74, 6) is 0.557. The van der Waals surface area contributed by atoms with Gasteiger partial charge in [-0.05, 0) is 43.4 Å². The first kappa shape index (κ1) is 18.8. The lowest BCUT2D eigenvalue weighted by Crippen LogP contribution is -2.35. The van der Waals surface area contributed by atoms with E-state index in [0.717, 1.165) is 11.6 Å². The Balaban J connectivity index is 1.75. The topological polar surface area (TPSA) is 24.9 Å². The van der Waals surface area contributed by atoms with Gasteiger partial charge in [-0.2, -0.15) is 0 Å². The van der Waals surface area contributed by atoms with Gasteiger partial charge in [0.05, 0.1) is 0 Å². The molecule has 136 valence electrons. The van der Waals surface area contributed by atoms with Crippen molar-refractivity contribution in [3.05, 3.63) is 76.3 Å². The van der Waals surface area contributed by atoms with Gasteiger partial charge in [-0.25, -0.2) is 4.98 Å². The lowest BCUT2D eigenvalue weighted by Gasteiger charge is -2.25. The molecule has 0 radical (unpaired) electrons. The van der Waals surface area contributed by atoms with Gasteiger partial charge in [-0.3, -0.25) is 0 Å². The van der Waals surface area contributed by atoms with Gasteiger partial charge >= 0.3 is 0 Å². The molecule has 3 rings (SSSR count). The lowest BCUT2D eigenvalue weighted by molar-refractivity contribution is 0.408. The first-order valence-electron chi connectivity index (χ1n) is 9.23. The molecule has 0 saturated carbocycles. The number of rotatable bonds is 6. The van der Waals surface area contributed by atoms with Crippen molar-refractivity contribution < 1.29 is 0 Å². The van der Waals surface area contributed by atoms with E-state index in [4.69, 9.17) is 0 Å². The van der Waals surface area contributed by atoms with Crippen LogP contribution in [0.25, 0.3) is 10.6 Å². The summed E-state index contributed by atoms with van der Waals surface area (Å²) < 4.78 is 0. The molecule has 0 amide bonds. The number of nitrogens with one attached hydrogen (secondary N) is 1. The molecule has 3 heteroatoms. The number of hydrogen-bond donors (Lipinski definition) is 1. The third-order valence-corrected chi connectivity index (χ3v) is 6.20. The largest absolute Gasteiger partial charge is 0.303 e. The van der Waals surface area contributed by atoms with Crippen LogP contribution in [0.2, 0.25) is 0 Å². The van der Waals surface area contributed by atoms with Gasteiger partial charge in [0.2, 0.25) is 0 Å². The Hall–Kier alpha value is -1.97. The molecule has 0 bridgehead atoms. The van der Waals surface area contributed by atoms with Crippen LogP contribution < -0.4 is 5.32 Å². The van der Waals surface area contributed by atoms with E-state index in [-0.39, 0.29) is 5.54 Å². The van der Waals surface area contributed by atoms with Crippen molar-refractivity contribution in [1.29, 1.82) is 0 Å². The Kier molecular flexibility index (Phi) is 5.59. The Morgan fingerprint density at radius 3 is 2.58 bits per heavy atom. The zero-order chi connectivity index (χ0) is 18.7. The maximum absolute atomic E-state index is 4.68. The molecule has 1 heterocycles. The Morgan fingerprint density at radius 1 is 1.08 bits per heavy atom. The summed E-state index contributed by atoms with van der Waals surface area (Å²) >= 11 is 1.78. The van der Waals surface area contributed by atoms with E-state index < -0.39 is 0 Å². The Bertz CT molecular complexity index is 877.